The molecule has 0 saturated heterocycles. The first-order valence-electron chi connectivity index (χ1n) is 12.6. The predicted octanol–water partition coefficient (Wildman–Crippen LogP) is 6.02. The van der Waals surface area contributed by atoms with Gasteiger partial charge in [0.2, 0.25) is 0 Å². The van der Waals surface area contributed by atoms with Crippen molar-refractivity contribution in [1.82, 2.24) is 29.6 Å². The smallest absolute Gasteiger partial charge is 0.411 e. The van der Waals surface area contributed by atoms with Crippen molar-refractivity contribution in [3.63, 3.8) is 0 Å². The fraction of sp³-hybridized carbons (Fsp3) is 0.519. The quantitative estimate of drug-likeness (QED) is 0.420. The molecule has 0 radical (unpaired) electrons. The Hall–Kier alpha value is -3.00. The number of nitrogens with zero attached hydrogens (tertiary/aromatic N) is 6. The number of carbonyl (C=O) groups excluding carboxylic acids is 1. The Morgan fingerprint density at radius 1 is 1.06 bits per heavy atom. The van der Waals surface area contributed by atoms with Crippen molar-refractivity contribution in [2.75, 3.05) is 0 Å². The summed E-state index contributed by atoms with van der Waals surface area (Å²) < 4.78 is 7.81. The second-order valence-electron chi connectivity index (χ2n) is 10.9. The highest BCUT2D eigenvalue weighted by Crippen LogP contribution is 2.41. The van der Waals surface area contributed by atoms with Gasteiger partial charge in [0.15, 0.2) is 5.82 Å². The number of fused-ring (bicyclic) bond motifs is 3. The van der Waals surface area contributed by atoms with E-state index in [1.165, 1.54) is 0 Å². The van der Waals surface area contributed by atoms with E-state index in [4.69, 9.17) is 21.3 Å². The van der Waals surface area contributed by atoms with Gasteiger partial charge in [0.25, 0.3) is 0 Å². The van der Waals surface area contributed by atoms with Crippen LogP contribution in [0.15, 0.2) is 24.4 Å². The van der Waals surface area contributed by atoms with E-state index in [-0.39, 0.29) is 12.0 Å². The summed E-state index contributed by atoms with van der Waals surface area (Å²) in [6.45, 7) is 10.4. The SMILES string of the molecule is Cc1cnc(C)c(C2CCC(c3nnc4n3-c3ccc(Cl)cc3CN(C(=O)OC(C)(C)C)C4)CC2)n1. The summed E-state index contributed by atoms with van der Waals surface area (Å²) in [6.07, 6.45) is 5.52. The molecule has 5 rings (SSSR count). The maximum absolute atomic E-state index is 13.0. The van der Waals surface area contributed by atoms with Crippen molar-refractivity contribution in [1.29, 1.82) is 0 Å². The molecule has 36 heavy (non-hydrogen) atoms. The summed E-state index contributed by atoms with van der Waals surface area (Å²) in [5, 5.41) is 9.84. The van der Waals surface area contributed by atoms with Gasteiger partial charge in [-0.2, -0.15) is 0 Å². The zero-order chi connectivity index (χ0) is 25.6. The van der Waals surface area contributed by atoms with E-state index in [0.29, 0.717) is 24.0 Å². The molecule has 1 aliphatic heterocycles. The number of aryl methyl sites for hydroxylation is 2. The van der Waals surface area contributed by atoms with Gasteiger partial charge >= 0.3 is 6.09 Å². The zero-order valence-corrected chi connectivity index (χ0v) is 22.3. The van der Waals surface area contributed by atoms with E-state index in [1.54, 1.807) is 4.90 Å². The number of hydrogen-bond acceptors (Lipinski definition) is 6. The molecule has 2 aliphatic rings. The van der Waals surface area contributed by atoms with Gasteiger partial charge in [-0.3, -0.25) is 19.4 Å². The van der Waals surface area contributed by atoms with Crippen LogP contribution in [0.25, 0.3) is 5.69 Å². The molecule has 1 amide bonds. The highest BCUT2D eigenvalue weighted by atomic mass is 35.5. The number of aromatic nitrogens is 5. The first-order valence-corrected chi connectivity index (χ1v) is 13.0. The maximum Gasteiger partial charge on any atom is 0.411 e. The molecule has 1 aliphatic carbocycles. The summed E-state index contributed by atoms with van der Waals surface area (Å²) in [7, 11) is 0. The van der Waals surface area contributed by atoms with Crippen molar-refractivity contribution in [3.05, 3.63) is 63.7 Å². The lowest BCUT2D eigenvalue weighted by molar-refractivity contribution is 0.0214. The van der Waals surface area contributed by atoms with Gasteiger partial charge in [0, 0.05) is 23.1 Å². The fourth-order valence-electron chi connectivity index (χ4n) is 5.31. The lowest BCUT2D eigenvalue weighted by Gasteiger charge is -2.28. The van der Waals surface area contributed by atoms with Crippen LogP contribution in [0.2, 0.25) is 5.02 Å². The third-order valence-corrected chi connectivity index (χ3v) is 7.21. The van der Waals surface area contributed by atoms with E-state index in [0.717, 1.165) is 65.7 Å². The van der Waals surface area contributed by atoms with Crippen LogP contribution in [0.4, 0.5) is 4.79 Å². The van der Waals surface area contributed by atoms with Crippen molar-refractivity contribution < 1.29 is 9.53 Å². The minimum atomic E-state index is -0.585. The molecule has 0 bridgehead atoms. The molecular weight excluding hydrogens is 476 g/mol. The topological polar surface area (TPSA) is 86.0 Å². The summed E-state index contributed by atoms with van der Waals surface area (Å²) in [5.74, 6) is 2.37. The normalized spacial score (nSPS) is 19.9. The van der Waals surface area contributed by atoms with E-state index < -0.39 is 5.60 Å². The standard InChI is InChI=1S/C27H33ClN6O2/c1-16-13-29-17(2)24(30-16)18-6-8-19(9-7-18)25-32-31-23-15-33(26(35)36-27(3,4)5)14-20-12-21(28)10-11-22(20)34(23)25/h10-13,18-19H,6-9,14-15H2,1-5H3. The van der Waals surface area contributed by atoms with E-state index in [9.17, 15) is 4.79 Å². The molecule has 1 fully saturated rings. The van der Waals surface area contributed by atoms with Crippen LogP contribution in [0.1, 0.15) is 92.6 Å². The van der Waals surface area contributed by atoms with Gasteiger partial charge in [0.05, 0.1) is 35.9 Å². The largest absolute Gasteiger partial charge is 0.444 e. The van der Waals surface area contributed by atoms with Crippen LogP contribution in [0, 0.1) is 13.8 Å². The van der Waals surface area contributed by atoms with Crippen molar-refractivity contribution in [2.24, 2.45) is 0 Å². The monoisotopic (exact) mass is 508 g/mol. The molecule has 0 atom stereocenters. The van der Waals surface area contributed by atoms with Crippen LogP contribution in [-0.2, 0) is 17.8 Å². The highest BCUT2D eigenvalue weighted by Gasteiger charge is 2.33. The predicted molar refractivity (Wildman–Crippen MR) is 137 cm³/mol. The summed E-state index contributed by atoms with van der Waals surface area (Å²) >= 11 is 6.37. The molecule has 2 aromatic heterocycles. The molecule has 3 heterocycles. The minimum absolute atomic E-state index is 0.275. The molecule has 0 spiro atoms. The maximum atomic E-state index is 13.0. The number of carbonyl (C=O) groups is 1. The van der Waals surface area contributed by atoms with Gasteiger partial charge in [0.1, 0.15) is 11.4 Å². The van der Waals surface area contributed by atoms with E-state index in [2.05, 4.69) is 19.7 Å². The van der Waals surface area contributed by atoms with Gasteiger partial charge in [-0.1, -0.05) is 11.6 Å². The Bertz CT molecular complexity index is 1290. The Morgan fingerprint density at radius 3 is 2.50 bits per heavy atom. The zero-order valence-electron chi connectivity index (χ0n) is 21.6. The van der Waals surface area contributed by atoms with Gasteiger partial charge < -0.3 is 4.74 Å². The molecule has 3 aromatic rings. The van der Waals surface area contributed by atoms with Crippen molar-refractivity contribution in [3.8, 4) is 5.69 Å². The average molecular weight is 509 g/mol. The Balaban J connectivity index is 1.44. The van der Waals surface area contributed by atoms with Crippen LogP contribution < -0.4 is 0 Å². The molecule has 1 saturated carbocycles. The lowest BCUT2D eigenvalue weighted by atomic mass is 9.79. The molecule has 0 N–H and O–H groups in total. The molecular formula is C27H33ClN6O2. The molecule has 9 heteroatoms. The van der Waals surface area contributed by atoms with Crippen LogP contribution in [-0.4, -0.2) is 41.3 Å². The van der Waals surface area contributed by atoms with E-state index in [1.807, 2.05) is 59.0 Å². The molecule has 1 aromatic carbocycles. The number of benzene rings is 1. The summed E-state index contributed by atoms with van der Waals surface area (Å²) in [5.41, 5.74) is 4.45. The van der Waals surface area contributed by atoms with Crippen molar-refractivity contribution in [2.45, 2.75) is 90.8 Å². The second-order valence-corrected chi connectivity index (χ2v) is 11.4. The average Bonchev–Trinajstić information content (AvgIpc) is 3.15. The molecule has 190 valence electrons. The summed E-state index contributed by atoms with van der Waals surface area (Å²) in [6, 6.07) is 5.81. The number of amides is 1. The molecule has 8 nitrogen and oxygen atoms in total. The van der Waals surface area contributed by atoms with Crippen molar-refractivity contribution >= 4 is 17.7 Å². The number of ether oxygens (including phenoxy) is 1. The first-order chi connectivity index (χ1) is 17.1. The number of halogens is 1. The fourth-order valence-corrected chi connectivity index (χ4v) is 5.51. The Kier molecular flexibility index (Phi) is 6.49. The first kappa shape index (κ1) is 24.7. The number of rotatable bonds is 2. The van der Waals surface area contributed by atoms with Crippen LogP contribution >= 0.6 is 11.6 Å². The minimum Gasteiger partial charge on any atom is -0.444 e. The van der Waals surface area contributed by atoms with Gasteiger partial charge in [-0.15, -0.1) is 10.2 Å². The lowest BCUT2D eigenvalue weighted by Crippen LogP contribution is -2.35. The molecule has 0 unspecified atom stereocenters. The summed E-state index contributed by atoms with van der Waals surface area (Å²) in [4.78, 5) is 24.0. The third kappa shape index (κ3) is 4.96. The van der Waals surface area contributed by atoms with E-state index >= 15 is 0 Å². The van der Waals surface area contributed by atoms with Crippen LogP contribution in [0.3, 0.4) is 0 Å². The second kappa shape index (κ2) is 9.47. The van der Waals surface area contributed by atoms with Crippen LogP contribution in [0.5, 0.6) is 0 Å². The number of hydrogen-bond donors (Lipinski definition) is 0. The third-order valence-electron chi connectivity index (χ3n) is 6.97. The van der Waals surface area contributed by atoms with Gasteiger partial charge in [-0.05, 0) is 84.1 Å². The highest BCUT2D eigenvalue weighted by molar-refractivity contribution is 6.30. The Morgan fingerprint density at radius 2 is 1.78 bits per heavy atom. The Labute approximate surface area is 217 Å². The van der Waals surface area contributed by atoms with Gasteiger partial charge in [-0.25, -0.2) is 4.79 Å².